The van der Waals surface area contributed by atoms with Crippen molar-refractivity contribution >= 4 is 11.9 Å². The largest absolute Gasteiger partial charge is 0.493 e. The Hall–Kier alpha value is -2.50. The standard InChI is InChI=1S/C21H25NO5/c1-26-15-6-3-12(11-16(15)27-2)7-10-22-19(23)17-13-4-5-14(18(17)20(24)25)21(13)8-9-21/h3-6,11,13-14,17-18H,7-10H2,1-2H3,(H,22,23)(H,24,25). The quantitative estimate of drug-likeness (QED) is 0.719. The summed E-state index contributed by atoms with van der Waals surface area (Å²) in [4.78, 5) is 24.6. The molecule has 0 heterocycles. The van der Waals surface area contributed by atoms with Crippen molar-refractivity contribution in [2.45, 2.75) is 19.3 Å². The second-order valence-corrected chi connectivity index (χ2v) is 7.79. The molecule has 4 unspecified atom stereocenters. The van der Waals surface area contributed by atoms with E-state index >= 15 is 0 Å². The molecule has 2 bridgehead atoms. The number of carboxylic acid groups (broad SMARTS) is 1. The molecule has 1 aromatic rings. The van der Waals surface area contributed by atoms with Crippen LogP contribution in [0.3, 0.4) is 0 Å². The molecule has 4 rings (SSSR count). The van der Waals surface area contributed by atoms with Crippen LogP contribution in [0.15, 0.2) is 30.4 Å². The Labute approximate surface area is 158 Å². The molecule has 1 aromatic carbocycles. The molecule has 2 fully saturated rings. The molecule has 0 radical (unpaired) electrons. The third-order valence-corrected chi connectivity index (χ3v) is 6.59. The van der Waals surface area contributed by atoms with Crippen LogP contribution in [0.4, 0.5) is 0 Å². The molecule has 2 N–H and O–H groups in total. The van der Waals surface area contributed by atoms with Gasteiger partial charge in [0.1, 0.15) is 0 Å². The highest BCUT2D eigenvalue weighted by atomic mass is 16.5. The van der Waals surface area contributed by atoms with Gasteiger partial charge in [0.2, 0.25) is 5.91 Å². The first kappa shape index (κ1) is 17.9. The van der Waals surface area contributed by atoms with Crippen LogP contribution < -0.4 is 14.8 Å². The predicted octanol–water partition coefficient (Wildman–Crippen LogP) is 2.28. The van der Waals surface area contributed by atoms with Crippen molar-refractivity contribution in [2.24, 2.45) is 29.1 Å². The van der Waals surface area contributed by atoms with E-state index in [0.29, 0.717) is 24.5 Å². The highest BCUT2D eigenvalue weighted by Crippen LogP contribution is 2.71. The van der Waals surface area contributed by atoms with Crippen molar-refractivity contribution < 1.29 is 24.2 Å². The summed E-state index contributed by atoms with van der Waals surface area (Å²) < 4.78 is 10.5. The zero-order valence-electron chi connectivity index (χ0n) is 15.6. The average Bonchev–Trinajstić information content (AvgIpc) is 3.33. The van der Waals surface area contributed by atoms with E-state index in [-0.39, 0.29) is 23.2 Å². The lowest BCUT2D eigenvalue weighted by atomic mass is 9.82. The van der Waals surface area contributed by atoms with E-state index in [1.807, 2.05) is 24.3 Å². The predicted molar refractivity (Wildman–Crippen MR) is 98.7 cm³/mol. The fourth-order valence-corrected chi connectivity index (χ4v) is 5.17. The number of carbonyl (C=O) groups excluding carboxylic acids is 1. The van der Waals surface area contributed by atoms with Gasteiger partial charge in [-0.25, -0.2) is 0 Å². The molecule has 2 saturated carbocycles. The van der Waals surface area contributed by atoms with E-state index in [9.17, 15) is 14.7 Å². The molecule has 4 atom stereocenters. The Kier molecular flexibility index (Phi) is 4.36. The van der Waals surface area contributed by atoms with E-state index in [0.717, 1.165) is 18.4 Å². The Morgan fingerprint density at radius 3 is 2.37 bits per heavy atom. The van der Waals surface area contributed by atoms with Gasteiger partial charge in [-0.2, -0.15) is 0 Å². The number of rotatable bonds is 7. The second kappa shape index (κ2) is 6.59. The van der Waals surface area contributed by atoms with Crippen LogP contribution in [-0.2, 0) is 16.0 Å². The minimum Gasteiger partial charge on any atom is -0.493 e. The van der Waals surface area contributed by atoms with Crippen LogP contribution in [0.1, 0.15) is 18.4 Å². The molecular formula is C21H25NO5. The number of allylic oxidation sites excluding steroid dienone is 2. The second-order valence-electron chi connectivity index (χ2n) is 7.79. The van der Waals surface area contributed by atoms with Gasteiger partial charge in [0.05, 0.1) is 26.1 Å². The number of benzene rings is 1. The lowest BCUT2D eigenvalue weighted by Gasteiger charge is -2.23. The number of hydrogen-bond donors (Lipinski definition) is 2. The Morgan fingerprint density at radius 2 is 1.78 bits per heavy atom. The van der Waals surface area contributed by atoms with Gasteiger partial charge in [0.25, 0.3) is 0 Å². The van der Waals surface area contributed by atoms with Crippen molar-refractivity contribution in [3.8, 4) is 11.5 Å². The molecule has 3 aliphatic rings. The summed E-state index contributed by atoms with van der Waals surface area (Å²) in [5, 5.41) is 12.7. The Morgan fingerprint density at radius 1 is 1.11 bits per heavy atom. The van der Waals surface area contributed by atoms with Crippen LogP contribution >= 0.6 is 0 Å². The maximum Gasteiger partial charge on any atom is 0.307 e. The van der Waals surface area contributed by atoms with E-state index in [1.165, 1.54) is 0 Å². The van der Waals surface area contributed by atoms with Crippen LogP contribution in [-0.4, -0.2) is 37.7 Å². The zero-order chi connectivity index (χ0) is 19.2. The number of aliphatic carboxylic acids is 1. The number of carboxylic acids is 1. The van der Waals surface area contributed by atoms with Crippen LogP contribution in [0.5, 0.6) is 11.5 Å². The van der Waals surface area contributed by atoms with Gasteiger partial charge in [-0.05, 0) is 54.2 Å². The van der Waals surface area contributed by atoms with Gasteiger partial charge >= 0.3 is 5.97 Å². The van der Waals surface area contributed by atoms with Gasteiger partial charge < -0.3 is 19.9 Å². The topological polar surface area (TPSA) is 84.9 Å². The lowest BCUT2D eigenvalue weighted by Crippen LogP contribution is -2.40. The zero-order valence-corrected chi connectivity index (χ0v) is 15.6. The maximum atomic E-state index is 12.8. The molecule has 6 nitrogen and oxygen atoms in total. The fraction of sp³-hybridized carbons (Fsp3) is 0.524. The van der Waals surface area contributed by atoms with Gasteiger partial charge in [-0.3, -0.25) is 9.59 Å². The van der Waals surface area contributed by atoms with E-state index < -0.39 is 17.8 Å². The molecule has 3 aliphatic carbocycles. The van der Waals surface area contributed by atoms with Gasteiger partial charge in [0.15, 0.2) is 11.5 Å². The number of carbonyl (C=O) groups is 2. The summed E-state index contributed by atoms with van der Waals surface area (Å²) in [6, 6.07) is 5.67. The van der Waals surface area contributed by atoms with Crippen molar-refractivity contribution in [1.29, 1.82) is 0 Å². The van der Waals surface area contributed by atoms with Crippen molar-refractivity contribution in [3.63, 3.8) is 0 Å². The summed E-state index contributed by atoms with van der Waals surface area (Å²) in [5.41, 5.74) is 1.07. The lowest BCUT2D eigenvalue weighted by molar-refractivity contribution is -0.147. The minimum absolute atomic E-state index is 0.0154. The van der Waals surface area contributed by atoms with Crippen LogP contribution in [0, 0.1) is 29.1 Å². The summed E-state index contributed by atoms with van der Waals surface area (Å²) >= 11 is 0. The molecule has 1 spiro atoms. The normalized spacial score (nSPS) is 29.0. The van der Waals surface area contributed by atoms with Gasteiger partial charge in [-0.15, -0.1) is 0 Å². The van der Waals surface area contributed by atoms with Crippen LogP contribution in [0.2, 0.25) is 0 Å². The monoisotopic (exact) mass is 371 g/mol. The third kappa shape index (κ3) is 2.78. The Bertz CT molecular complexity index is 798. The summed E-state index contributed by atoms with van der Waals surface area (Å²) in [7, 11) is 3.18. The number of amides is 1. The molecule has 6 heteroatoms. The van der Waals surface area contributed by atoms with Gasteiger partial charge in [-0.1, -0.05) is 18.2 Å². The maximum absolute atomic E-state index is 12.8. The number of hydrogen-bond acceptors (Lipinski definition) is 4. The van der Waals surface area contributed by atoms with E-state index in [2.05, 4.69) is 11.4 Å². The van der Waals surface area contributed by atoms with Crippen molar-refractivity contribution in [1.82, 2.24) is 5.32 Å². The minimum atomic E-state index is -0.849. The number of ether oxygens (including phenoxy) is 2. The fourth-order valence-electron chi connectivity index (χ4n) is 5.17. The highest BCUT2D eigenvalue weighted by molar-refractivity contribution is 5.87. The van der Waals surface area contributed by atoms with E-state index in [4.69, 9.17) is 9.47 Å². The molecule has 27 heavy (non-hydrogen) atoms. The molecule has 1 amide bonds. The summed E-state index contributed by atoms with van der Waals surface area (Å²) in [5.74, 6) is -0.622. The molecule has 0 aliphatic heterocycles. The molecule has 144 valence electrons. The van der Waals surface area contributed by atoms with E-state index in [1.54, 1.807) is 14.2 Å². The summed E-state index contributed by atoms with van der Waals surface area (Å²) in [6.45, 7) is 0.464. The average molecular weight is 371 g/mol. The van der Waals surface area contributed by atoms with Crippen LogP contribution in [0.25, 0.3) is 0 Å². The first-order valence-electron chi connectivity index (χ1n) is 9.41. The molecule has 0 saturated heterocycles. The highest BCUT2D eigenvalue weighted by Gasteiger charge is 2.69. The van der Waals surface area contributed by atoms with Gasteiger partial charge in [0, 0.05) is 6.54 Å². The smallest absolute Gasteiger partial charge is 0.307 e. The Balaban J connectivity index is 1.40. The number of methoxy groups -OCH3 is 2. The first-order valence-corrected chi connectivity index (χ1v) is 9.41. The van der Waals surface area contributed by atoms with Crippen molar-refractivity contribution in [3.05, 3.63) is 35.9 Å². The molecule has 0 aromatic heterocycles. The summed E-state index contributed by atoms with van der Waals surface area (Å²) in [6.07, 6.45) is 6.83. The van der Waals surface area contributed by atoms with Crippen molar-refractivity contribution in [2.75, 3.05) is 20.8 Å². The first-order chi connectivity index (χ1) is 13.0. The number of nitrogens with one attached hydrogen (secondary N) is 1. The molecular weight excluding hydrogens is 346 g/mol. The third-order valence-electron chi connectivity index (χ3n) is 6.59. The SMILES string of the molecule is COc1ccc(CCNC(=O)C2C(C(=O)O)C3C=CC2C32CC2)cc1OC.